The molecule has 0 aliphatic carbocycles. The second kappa shape index (κ2) is 3.11. The monoisotopic (exact) mass is 157 g/mol. The third kappa shape index (κ3) is 2.17. The average Bonchev–Trinajstić information content (AvgIpc) is 1.83. The molecule has 11 heavy (non-hydrogen) atoms. The van der Waals surface area contributed by atoms with Crippen molar-refractivity contribution < 1.29 is 4.48 Å². The lowest BCUT2D eigenvalue weighted by atomic mass is 10.2. The van der Waals surface area contributed by atoms with Crippen LogP contribution in [0.15, 0.2) is 0 Å². The van der Waals surface area contributed by atoms with Crippen LogP contribution in [0.5, 0.6) is 0 Å². The lowest BCUT2D eigenvalue weighted by Crippen LogP contribution is -2.67. The van der Waals surface area contributed by atoms with E-state index in [1.807, 2.05) is 0 Å². The van der Waals surface area contributed by atoms with Crippen LogP contribution in [0.25, 0.3) is 0 Å². The molecular weight excluding hydrogens is 136 g/mol. The molecule has 66 valence electrons. The Balaban J connectivity index is 2.18. The maximum absolute atomic E-state index is 2.54. The van der Waals surface area contributed by atoms with Gasteiger partial charge in [0.15, 0.2) is 0 Å². The van der Waals surface area contributed by atoms with E-state index in [-0.39, 0.29) is 0 Å². The summed E-state index contributed by atoms with van der Waals surface area (Å²) in [5, 5.41) is 0. The molecule has 0 amide bonds. The van der Waals surface area contributed by atoms with Crippen LogP contribution in [0, 0.1) is 5.92 Å². The third-order valence-corrected chi connectivity index (χ3v) is 2.47. The van der Waals surface area contributed by atoms with E-state index in [1.54, 1.807) is 0 Å². The molecule has 0 spiro atoms. The quantitative estimate of drug-likeness (QED) is 0.559. The summed E-state index contributed by atoms with van der Waals surface area (Å²) >= 11 is 0. The molecule has 0 aromatic rings. The van der Waals surface area contributed by atoms with Crippen molar-refractivity contribution in [2.75, 3.05) is 33.5 Å². The summed E-state index contributed by atoms with van der Waals surface area (Å²) in [6.07, 6.45) is 0. The fraction of sp³-hybridized carbons (Fsp3) is 1.00. The Morgan fingerprint density at radius 3 is 2.27 bits per heavy atom. The van der Waals surface area contributed by atoms with Gasteiger partial charge in [0.05, 0.1) is 13.6 Å². The van der Waals surface area contributed by atoms with Gasteiger partial charge in [0.2, 0.25) is 0 Å². The van der Waals surface area contributed by atoms with Crippen LogP contribution in [0.2, 0.25) is 0 Å². The minimum absolute atomic E-state index is 0.820. The SMILES string of the molecule is CC[N+]1(C)CN(CC(C)C)C1. The maximum Gasteiger partial charge on any atom is 0.140 e. The zero-order chi connectivity index (χ0) is 8.48. The van der Waals surface area contributed by atoms with Crippen LogP contribution in [0.3, 0.4) is 0 Å². The molecule has 0 aromatic heterocycles. The van der Waals surface area contributed by atoms with Crippen LogP contribution in [0.1, 0.15) is 20.8 Å². The first-order chi connectivity index (χ1) is 5.06. The van der Waals surface area contributed by atoms with Crippen molar-refractivity contribution in [3.63, 3.8) is 0 Å². The van der Waals surface area contributed by atoms with Crippen molar-refractivity contribution in [3.8, 4) is 0 Å². The fourth-order valence-corrected chi connectivity index (χ4v) is 1.76. The van der Waals surface area contributed by atoms with Crippen LogP contribution in [-0.2, 0) is 0 Å². The Kier molecular flexibility index (Phi) is 2.55. The molecule has 0 N–H and O–H groups in total. The summed E-state index contributed by atoms with van der Waals surface area (Å²) < 4.78 is 1.24. The number of hydrogen-bond donors (Lipinski definition) is 0. The molecule has 0 saturated carbocycles. The first-order valence-corrected chi connectivity index (χ1v) is 4.61. The molecule has 0 aromatic carbocycles. The standard InChI is InChI=1S/C9H21N2/c1-5-11(4)7-10(8-11)6-9(2)3/h9H,5-8H2,1-4H3/q+1. The van der Waals surface area contributed by atoms with Gasteiger partial charge in [0.25, 0.3) is 0 Å². The molecule has 0 atom stereocenters. The Hall–Kier alpha value is -0.0800. The predicted molar refractivity (Wildman–Crippen MR) is 48.0 cm³/mol. The van der Waals surface area contributed by atoms with E-state index >= 15 is 0 Å². The van der Waals surface area contributed by atoms with Gasteiger partial charge >= 0.3 is 0 Å². The number of rotatable bonds is 3. The van der Waals surface area contributed by atoms with Crippen molar-refractivity contribution in [2.45, 2.75) is 20.8 Å². The molecule has 2 heteroatoms. The van der Waals surface area contributed by atoms with Gasteiger partial charge in [-0.1, -0.05) is 13.8 Å². The van der Waals surface area contributed by atoms with Crippen LogP contribution < -0.4 is 0 Å². The molecule has 1 aliphatic rings. The lowest BCUT2D eigenvalue weighted by Gasteiger charge is -2.49. The largest absolute Gasteiger partial charge is 0.301 e. The summed E-state index contributed by atoms with van der Waals surface area (Å²) in [5.74, 6) is 0.820. The van der Waals surface area contributed by atoms with Crippen molar-refractivity contribution >= 4 is 0 Å². The second-order valence-electron chi connectivity index (χ2n) is 4.47. The summed E-state index contributed by atoms with van der Waals surface area (Å²) in [7, 11) is 2.33. The first-order valence-electron chi connectivity index (χ1n) is 4.61. The molecule has 2 nitrogen and oxygen atoms in total. The maximum atomic E-state index is 2.54. The van der Waals surface area contributed by atoms with Gasteiger partial charge < -0.3 is 4.48 Å². The Morgan fingerprint density at radius 2 is 1.91 bits per heavy atom. The molecule has 1 fully saturated rings. The lowest BCUT2D eigenvalue weighted by molar-refractivity contribution is -0.978. The molecule has 1 aliphatic heterocycles. The third-order valence-electron chi connectivity index (χ3n) is 2.47. The van der Waals surface area contributed by atoms with E-state index in [9.17, 15) is 0 Å². The predicted octanol–water partition coefficient (Wildman–Crippen LogP) is 1.34. The topological polar surface area (TPSA) is 3.24 Å². The van der Waals surface area contributed by atoms with E-state index in [0.717, 1.165) is 5.92 Å². The zero-order valence-corrected chi connectivity index (χ0v) is 8.30. The highest BCUT2D eigenvalue weighted by molar-refractivity contribution is 4.58. The van der Waals surface area contributed by atoms with Gasteiger partial charge in [-0.05, 0) is 12.8 Å². The summed E-state index contributed by atoms with van der Waals surface area (Å²) in [5.41, 5.74) is 0. The summed E-state index contributed by atoms with van der Waals surface area (Å²) in [6.45, 7) is 11.9. The van der Waals surface area contributed by atoms with Crippen LogP contribution >= 0.6 is 0 Å². The van der Waals surface area contributed by atoms with E-state index in [1.165, 1.54) is 30.9 Å². The van der Waals surface area contributed by atoms with Crippen molar-refractivity contribution in [2.24, 2.45) is 5.92 Å². The van der Waals surface area contributed by atoms with Crippen LogP contribution in [-0.4, -0.2) is 42.9 Å². The normalized spacial score (nSPS) is 23.7. The zero-order valence-electron chi connectivity index (χ0n) is 8.30. The smallest absolute Gasteiger partial charge is 0.140 e. The van der Waals surface area contributed by atoms with Gasteiger partial charge in [-0.2, -0.15) is 0 Å². The first kappa shape index (κ1) is 9.01. The van der Waals surface area contributed by atoms with Gasteiger partial charge in [-0.25, -0.2) is 4.90 Å². The Labute approximate surface area is 70.4 Å². The molecule has 0 bridgehead atoms. The van der Waals surface area contributed by atoms with Crippen molar-refractivity contribution in [3.05, 3.63) is 0 Å². The summed E-state index contributed by atoms with van der Waals surface area (Å²) in [4.78, 5) is 2.54. The molecular formula is C9H21N2+. The number of hydrogen-bond acceptors (Lipinski definition) is 1. The average molecular weight is 157 g/mol. The van der Waals surface area contributed by atoms with Gasteiger partial charge in [-0.3, -0.25) is 0 Å². The highest BCUT2D eigenvalue weighted by Gasteiger charge is 2.36. The van der Waals surface area contributed by atoms with E-state index < -0.39 is 0 Å². The van der Waals surface area contributed by atoms with E-state index in [4.69, 9.17) is 0 Å². The molecule has 1 saturated heterocycles. The minimum atomic E-state index is 0.820. The van der Waals surface area contributed by atoms with Gasteiger partial charge in [0.1, 0.15) is 13.3 Å². The summed E-state index contributed by atoms with van der Waals surface area (Å²) in [6, 6.07) is 0. The molecule has 1 rings (SSSR count). The fourth-order valence-electron chi connectivity index (χ4n) is 1.76. The highest BCUT2D eigenvalue weighted by Crippen LogP contribution is 2.18. The number of quaternary nitrogens is 1. The van der Waals surface area contributed by atoms with E-state index in [0.29, 0.717) is 0 Å². The van der Waals surface area contributed by atoms with Gasteiger partial charge in [0, 0.05) is 6.54 Å². The molecule has 0 unspecified atom stereocenters. The van der Waals surface area contributed by atoms with E-state index in [2.05, 4.69) is 32.7 Å². The van der Waals surface area contributed by atoms with Crippen LogP contribution in [0.4, 0.5) is 0 Å². The van der Waals surface area contributed by atoms with Crippen molar-refractivity contribution in [1.29, 1.82) is 0 Å². The van der Waals surface area contributed by atoms with Gasteiger partial charge in [-0.15, -0.1) is 0 Å². The minimum Gasteiger partial charge on any atom is -0.301 e. The molecule has 1 heterocycles. The number of nitrogens with zero attached hydrogens (tertiary/aromatic N) is 2. The highest BCUT2D eigenvalue weighted by atomic mass is 15.6. The van der Waals surface area contributed by atoms with Crippen molar-refractivity contribution in [1.82, 2.24) is 4.90 Å². The Bertz CT molecular complexity index is 126. The molecule has 0 radical (unpaired) electrons. The second-order valence-corrected chi connectivity index (χ2v) is 4.47. The Morgan fingerprint density at radius 1 is 1.36 bits per heavy atom.